The van der Waals surface area contributed by atoms with Gasteiger partial charge < -0.3 is 4.74 Å². The van der Waals surface area contributed by atoms with E-state index < -0.39 is 0 Å². The molecule has 0 radical (unpaired) electrons. The Morgan fingerprint density at radius 1 is 1.26 bits per heavy atom. The Balaban J connectivity index is 1.98. The lowest BCUT2D eigenvalue weighted by Crippen LogP contribution is -2.30. The lowest BCUT2D eigenvalue weighted by atomic mass is 10.2. The maximum Gasteiger partial charge on any atom is 0.269 e. The number of rotatable bonds is 4. The lowest BCUT2D eigenvalue weighted by Gasteiger charge is -2.07. The number of hydrazine groups is 1. The van der Waals surface area contributed by atoms with Gasteiger partial charge in [0, 0.05) is 22.3 Å². The fraction of sp³-hybridized carbons (Fsp3) is 0.0833. The number of methoxy groups -OCH3 is 1. The number of halogens is 1. The van der Waals surface area contributed by atoms with Gasteiger partial charge in [-0.1, -0.05) is 15.9 Å². The summed E-state index contributed by atoms with van der Waals surface area (Å²) in [5.74, 6) is 0.388. The zero-order chi connectivity index (χ0) is 13.7. The summed E-state index contributed by atoms with van der Waals surface area (Å²) in [4.78, 5) is 19.8. The molecule has 2 aromatic rings. The van der Waals surface area contributed by atoms with E-state index in [1.165, 1.54) is 13.3 Å². The van der Waals surface area contributed by atoms with E-state index in [0.29, 0.717) is 11.4 Å². The largest absolute Gasteiger partial charge is 0.481 e. The average Bonchev–Trinajstić information content (AvgIpc) is 2.46. The average molecular weight is 323 g/mol. The molecule has 0 bridgehead atoms. The van der Waals surface area contributed by atoms with Gasteiger partial charge in [0.15, 0.2) is 0 Å². The first-order chi connectivity index (χ1) is 9.19. The summed E-state index contributed by atoms with van der Waals surface area (Å²) < 4.78 is 5.86. The fourth-order valence-corrected chi connectivity index (χ4v) is 1.57. The van der Waals surface area contributed by atoms with E-state index in [9.17, 15) is 4.79 Å². The Morgan fingerprint density at radius 2 is 2.00 bits per heavy atom. The number of amides is 1. The van der Waals surface area contributed by atoms with E-state index in [0.717, 1.165) is 4.47 Å². The first-order valence-corrected chi connectivity index (χ1v) is 6.17. The van der Waals surface area contributed by atoms with Crippen molar-refractivity contribution in [2.24, 2.45) is 0 Å². The van der Waals surface area contributed by atoms with Gasteiger partial charge in [0.05, 0.1) is 7.11 Å². The molecule has 0 unspecified atom stereocenters. The van der Waals surface area contributed by atoms with Crippen molar-refractivity contribution in [1.29, 1.82) is 0 Å². The molecular formula is C12H11BrN4O2. The summed E-state index contributed by atoms with van der Waals surface area (Å²) in [5.41, 5.74) is 5.65. The molecule has 2 rings (SSSR count). The third kappa shape index (κ3) is 3.65. The van der Waals surface area contributed by atoms with Gasteiger partial charge in [-0.25, -0.2) is 4.98 Å². The molecule has 0 aliphatic carbocycles. The molecule has 7 heteroatoms. The van der Waals surface area contributed by atoms with E-state index in [-0.39, 0.29) is 11.9 Å². The Kier molecular flexibility index (Phi) is 4.30. The van der Waals surface area contributed by atoms with Crippen LogP contribution in [0.15, 0.2) is 41.0 Å². The number of hydrogen-bond donors (Lipinski definition) is 2. The zero-order valence-corrected chi connectivity index (χ0v) is 11.6. The minimum absolute atomic E-state index is 0.254. The summed E-state index contributed by atoms with van der Waals surface area (Å²) in [5, 5.41) is 0. The predicted octanol–water partition coefficient (Wildman–Crippen LogP) is 2.00. The van der Waals surface area contributed by atoms with Crippen molar-refractivity contribution in [3.8, 4) is 5.88 Å². The summed E-state index contributed by atoms with van der Waals surface area (Å²) in [6.07, 6.45) is 1.53. The van der Waals surface area contributed by atoms with E-state index in [2.05, 4.69) is 36.7 Å². The molecule has 1 aromatic heterocycles. The van der Waals surface area contributed by atoms with E-state index in [1.807, 2.05) is 0 Å². The highest BCUT2D eigenvalue weighted by atomic mass is 79.9. The van der Waals surface area contributed by atoms with Crippen LogP contribution < -0.4 is 15.6 Å². The van der Waals surface area contributed by atoms with Crippen LogP contribution in [0.1, 0.15) is 10.4 Å². The molecule has 2 N–H and O–H groups in total. The Morgan fingerprint density at radius 3 is 2.68 bits per heavy atom. The zero-order valence-electron chi connectivity index (χ0n) is 10.1. The van der Waals surface area contributed by atoms with Gasteiger partial charge in [-0.05, 0) is 24.3 Å². The number of benzene rings is 1. The SMILES string of the molecule is COc1ccnc(NNC(=O)c2ccc(Br)cc2)n1. The van der Waals surface area contributed by atoms with Crippen LogP contribution in [0.4, 0.5) is 5.95 Å². The van der Waals surface area contributed by atoms with Gasteiger partial charge in [-0.2, -0.15) is 4.98 Å². The summed E-state index contributed by atoms with van der Waals surface area (Å²) >= 11 is 3.30. The standard InChI is InChI=1S/C12H11BrN4O2/c1-19-10-6-7-14-12(15-10)17-16-11(18)8-2-4-9(13)5-3-8/h2-7H,1H3,(H,16,18)(H,14,15,17). The molecule has 19 heavy (non-hydrogen) atoms. The van der Waals surface area contributed by atoms with Gasteiger partial charge in [0.1, 0.15) is 0 Å². The van der Waals surface area contributed by atoms with Gasteiger partial charge in [-0.15, -0.1) is 0 Å². The van der Waals surface area contributed by atoms with Crippen LogP contribution >= 0.6 is 15.9 Å². The van der Waals surface area contributed by atoms with Gasteiger partial charge in [0.2, 0.25) is 11.8 Å². The molecule has 0 aliphatic rings. The number of nitrogens with zero attached hydrogens (tertiary/aromatic N) is 2. The summed E-state index contributed by atoms with van der Waals surface area (Å²) in [6.45, 7) is 0. The van der Waals surface area contributed by atoms with Crippen molar-refractivity contribution in [3.63, 3.8) is 0 Å². The molecule has 0 saturated carbocycles. The highest BCUT2D eigenvalue weighted by Gasteiger charge is 2.05. The number of anilines is 1. The number of nitrogens with one attached hydrogen (secondary N) is 2. The van der Waals surface area contributed by atoms with E-state index in [4.69, 9.17) is 4.74 Å². The van der Waals surface area contributed by atoms with Crippen molar-refractivity contribution in [2.75, 3.05) is 12.5 Å². The minimum atomic E-state index is -0.279. The summed E-state index contributed by atoms with van der Waals surface area (Å²) in [7, 11) is 1.51. The van der Waals surface area contributed by atoms with Crippen molar-refractivity contribution in [3.05, 3.63) is 46.6 Å². The quantitative estimate of drug-likeness (QED) is 0.842. The number of carbonyl (C=O) groups is 1. The number of hydrogen-bond acceptors (Lipinski definition) is 5. The minimum Gasteiger partial charge on any atom is -0.481 e. The Bertz CT molecular complexity index is 574. The smallest absolute Gasteiger partial charge is 0.269 e. The number of ether oxygens (including phenoxy) is 1. The molecule has 0 atom stereocenters. The molecule has 98 valence electrons. The second-order valence-corrected chi connectivity index (χ2v) is 4.42. The van der Waals surface area contributed by atoms with Gasteiger partial charge in [0.25, 0.3) is 5.91 Å². The first-order valence-electron chi connectivity index (χ1n) is 5.38. The molecule has 0 aliphatic heterocycles. The number of aromatic nitrogens is 2. The van der Waals surface area contributed by atoms with Crippen molar-refractivity contribution in [2.45, 2.75) is 0 Å². The lowest BCUT2D eigenvalue weighted by molar-refractivity contribution is 0.0962. The molecule has 0 spiro atoms. The maximum absolute atomic E-state index is 11.8. The number of carbonyl (C=O) groups excluding carboxylic acids is 1. The third-order valence-corrected chi connectivity index (χ3v) is 2.76. The molecule has 0 saturated heterocycles. The van der Waals surface area contributed by atoms with Crippen LogP contribution in [-0.4, -0.2) is 23.0 Å². The van der Waals surface area contributed by atoms with Crippen molar-refractivity contribution in [1.82, 2.24) is 15.4 Å². The highest BCUT2D eigenvalue weighted by molar-refractivity contribution is 9.10. The molecule has 6 nitrogen and oxygen atoms in total. The Hall–Kier alpha value is -2.15. The van der Waals surface area contributed by atoms with E-state index in [1.54, 1.807) is 30.3 Å². The monoisotopic (exact) mass is 322 g/mol. The normalized spacial score (nSPS) is 9.79. The predicted molar refractivity (Wildman–Crippen MR) is 73.8 cm³/mol. The maximum atomic E-state index is 11.8. The van der Waals surface area contributed by atoms with Crippen LogP contribution in [0.2, 0.25) is 0 Å². The third-order valence-electron chi connectivity index (χ3n) is 2.23. The molecule has 1 amide bonds. The van der Waals surface area contributed by atoms with Crippen LogP contribution in [-0.2, 0) is 0 Å². The van der Waals surface area contributed by atoms with Gasteiger partial charge >= 0.3 is 0 Å². The summed E-state index contributed by atoms with van der Waals surface area (Å²) in [6, 6.07) is 8.59. The van der Waals surface area contributed by atoms with Crippen molar-refractivity contribution < 1.29 is 9.53 Å². The molecule has 0 fully saturated rings. The first kappa shape index (κ1) is 13.3. The molecule has 1 heterocycles. The highest BCUT2D eigenvalue weighted by Crippen LogP contribution is 2.10. The van der Waals surface area contributed by atoms with Crippen LogP contribution in [0.5, 0.6) is 5.88 Å². The topological polar surface area (TPSA) is 76.1 Å². The van der Waals surface area contributed by atoms with Crippen molar-refractivity contribution >= 4 is 27.8 Å². The van der Waals surface area contributed by atoms with Crippen LogP contribution in [0.3, 0.4) is 0 Å². The van der Waals surface area contributed by atoms with Crippen LogP contribution in [0.25, 0.3) is 0 Å². The molecule has 1 aromatic carbocycles. The van der Waals surface area contributed by atoms with Crippen LogP contribution in [0, 0.1) is 0 Å². The fourth-order valence-electron chi connectivity index (χ4n) is 1.30. The van der Waals surface area contributed by atoms with Gasteiger partial charge in [-0.3, -0.25) is 15.6 Å². The Labute approximate surface area is 118 Å². The molecular weight excluding hydrogens is 312 g/mol. The van der Waals surface area contributed by atoms with E-state index >= 15 is 0 Å². The second-order valence-electron chi connectivity index (χ2n) is 3.51. The second kappa shape index (κ2) is 6.14.